The first-order valence-electron chi connectivity index (χ1n) is 6.70. The van der Waals surface area contributed by atoms with Crippen LogP contribution in [0.1, 0.15) is 23.2 Å². The van der Waals surface area contributed by atoms with Gasteiger partial charge in [-0.3, -0.25) is 4.79 Å². The summed E-state index contributed by atoms with van der Waals surface area (Å²) in [4.78, 5) is 25.3. The standard InChI is InChI=1S/C14H14ClFN2O3/c15-10-4-9(5-11(16)6-10)12(19)18-3-1-2-14(8-18)7-17-13(20)21-14/h4-6H,1-3,7-8H2,(H,17,20)/t14-/m1/s1. The smallest absolute Gasteiger partial charge is 0.407 e. The highest BCUT2D eigenvalue weighted by molar-refractivity contribution is 6.31. The van der Waals surface area contributed by atoms with Crippen LogP contribution in [0.5, 0.6) is 0 Å². The highest BCUT2D eigenvalue weighted by atomic mass is 35.5. The monoisotopic (exact) mass is 312 g/mol. The molecule has 0 aromatic heterocycles. The van der Waals surface area contributed by atoms with Crippen LogP contribution in [0, 0.1) is 5.82 Å². The number of likely N-dealkylation sites (tertiary alicyclic amines) is 1. The minimum Gasteiger partial charge on any atom is -0.439 e. The van der Waals surface area contributed by atoms with Crippen molar-refractivity contribution >= 4 is 23.6 Å². The van der Waals surface area contributed by atoms with Crippen molar-refractivity contribution in [1.82, 2.24) is 10.2 Å². The van der Waals surface area contributed by atoms with Crippen molar-refractivity contribution in [3.63, 3.8) is 0 Å². The number of rotatable bonds is 1. The van der Waals surface area contributed by atoms with Gasteiger partial charge in [0.25, 0.3) is 5.91 Å². The molecule has 21 heavy (non-hydrogen) atoms. The molecule has 2 saturated heterocycles. The van der Waals surface area contributed by atoms with Crippen LogP contribution in [0.3, 0.4) is 0 Å². The molecule has 0 aliphatic carbocycles. The van der Waals surface area contributed by atoms with Gasteiger partial charge in [-0.05, 0) is 31.0 Å². The van der Waals surface area contributed by atoms with Gasteiger partial charge in [0.1, 0.15) is 11.4 Å². The van der Waals surface area contributed by atoms with E-state index in [1.54, 1.807) is 4.90 Å². The Balaban J connectivity index is 1.79. The summed E-state index contributed by atoms with van der Waals surface area (Å²) in [5, 5.41) is 2.80. The summed E-state index contributed by atoms with van der Waals surface area (Å²) < 4.78 is 18.7. The second-order valence-electron chi connectivity index (χ2n) is 5.41. The van der Waals surface area contributed by atoms with Gasteiger partial charge in [0.15, 0.2) is 0 Å². The third-order valence-corrected chi connectivity index (χ3v) is 4.02. The molecule has 1 aromatic carbocycles. The Labute approximate surface area is 126 Å². The highest BCUT2D eigenvalue weighted by Crippen LogP contribution is 2.29. The Morgan fingerprint density at radius 1 is 1.43 bits per heavy atom. The van der Waals surface area contributed by atoms with Gasteiger partial charge < -0.3 is 15.0 Å². The molecule has 3 rings (SSSR count). The summed E-state index contributed by atoms with van der Waals surface area (Å²) in [6.07, 6.45) is 0.974. The molecular formula is C14H14ClFN2O3. The first kappa shape index (κ1) is 14.1. The van der Waals surface area contributed by atoms with Crippen LogP contribution in [-0.4, -0.2) is 42.1 Å². The number of amides is 2. The van der Waals surface area contributed by atoms with Crippen LogP contribution in [0.25, 0.3) is 0 Å². The molecule has 1 aromatic rings. The van der Waals surface area contributed by atoms with Crippen molar-refractivity contribution in [1.29, 1.82) is 0 Å². The molecule has 2 amide bonds. The van der Waals surface area contributed by atoms with Crippen LogP contribution in [0.15, 0.2) is 18.2 Å². The topological polar surface area (TPSA) is 58.6 Å². The lowest BCUT2D eigenvalue weighted by atomic mass is 9.92. The second kappa shape index (κ2) is 5.18. The Hall–Kier alpha value is -1.82. The van der Waals surface area contributed by atoms with Crippen LogP contribution in [0.4, 0.5) is 9.18 Å². The average Bonchev–Trinajstić information content (AvgIpc) is 2.77. The van der Waals surface area contributed by atoms with Crippen molar-refractivity contribution in [2.45, 2.75) is 18.4 Å². The molecule has 5 nitrogen and oxygen atoms in total. The fourth-order valence-electron chi connectivity index (χ4n) is 2.86. The van der Waals surface area contributed by atoms with Gasteiger partial charge in [-0.1, -0.05) is 11.6 Å². The van der Waals surface area contributed by atoms with Crippen LogP contribution < -0.4 is 5.32 Å². The summed E-state index contributed by atoms with van der Waals surface area (Å²) in [5.74, 6) is -0.857. The maximum absolute atomic E-state index is 13.4. The summed E-state index contributed by atoms with van der Waals surface area (Å²) in [6, 6.07) is 3.75. The molecule has 2 aliphatic rings. The van der Waals surface area contributed by atoms with Gasteiger partial charge in [0.2, 0.25) is 0 Å². The number of piperidine rings is 1. The van der Waals surface area contributed by atoms with Gasteiger partial charge in [-0.25, -0.2) is 9.18 Å². The zero-order valence-electron chi connectivity index (χ0n) is 11.2. The van der Waals surface area contributed by atoms with E-state index in [4.69, 9.17) is 16.3 Å². The summed E-state index contributed by atoms with van der Waals surface area (Å²) in [5.41, 5.74) is -0.461. The van der Waals surface area contributed by atoms with Crippen LogP contribution >= 0.6 is 11.6 Å². The zero-order chi connectivity index (χ0) is 15.0. The van der Waals surface area contributed by atoms with E-state index in [0.717, 1.165) is 18.6 Å². The number of carbonyl (C=O) groups excluding carboxylic acids is 2. The number of hydrogen-bond donors (Lipinski definition) is 1. The van der Waals surface area contributed by atoms with Crippen LogP contribution in [0.2, 0.25) is 5.02 Å². The minimum atomic E-state index is -0.665. The van der Waals surface area contributed by atoms with E-state index in [1.807, 2.05) is 0 Å². The predicted octanol–water partition coefficient (Wildman–Crippen LogP) is 2.19. The second-order valence-corrected chi connectivity index (χ2v) is 5.85. The first-order valence-corrected chi connectivity index (χ1v) is 7.07. The van der Waals surface area contributed by atoms with Crippen molar-refractivity contribution < 1.29 is 18.7 Å². The molecule has 112 valence electrons. The van der Waals surface area contributed by atoms with Gasteiger partial charge in [-0.15, -0.1) is 0 Å². The first-order chi connectivity index (χ1) is 9.97. The normalized spacial score (nSPS) is 24.9. The molecule has 0 radical (unpaired) electrons. The Morgan fingerprint density at radius 2 is 2.24 bits per heavy atom. The Bertz CT molecular complexity index is 590. The lowest BCUT2D eigenvalue weighted by molar-refractivity contribution is -0.00504. The summed E-state index contributed by atoms with van der Waals surface area (Å²) in [7, 11) is 0. The minimum absolute atomic E-state index is 0.180. The number of halogens is 2. The molecule has 2 heterocycles. The van der Waals surface area contributed by atoms with E-state index in [2.05, 4.69) is 5.32 Å². The van der Waals surface area contributed by atoms with Gasteiger partial charge in [0.05, 0.1) is 13.1 Å². The maximum Gasteiger partial charge on any atom is 0.407 e. The van der Waals surface area contributed by atoms with E-state index in [-0.39, 0.29) is 16.5 Å². The molecule has 0 bridgehead atoms. The van der Waals surface area contributed by atoms with E-state index >= 15 is 0 Å². The van der Waals surface area contributed by atoms with E-state index in [1.165, 1.54) is 6.07 Å². The number of nitrogens with zero attached hydrogens (tertiary/aromatic N) is 1. The Morgan fingerprint density at radius 3 is 2.90 bits per heavy atom. The fraction of sp³-hybridized carbons (Fsp3) is 0.429. The summed E-state index contributed by atoms with van der Waals surface area (Å²) >= 11 is 5.78. The van der Waals surface area contributed by atoms with Gasteiger partial charge in [-0.2, -0.15) is 0 Å². The number of hydrogen-bond acceptors (Lipinski definition) is 3. The van der Waals surface area contributed by atoms with Crippen molar-refractivity contribution in [2.24, 2.45) is 0 Å². The average molecular weight is 313 g/mol. The number of carbonyl (C=O) groups is 2. The van der Waals surface area contributed by atoms with E-state index in [9.17, 15) is 14.0 Å². The third kappa shape index (κ3) is 2.81. The molecule has 0 saturated carbocycles. The molecule has 2 fully saturated rings. The van der Waals surface area contributed by atoms with Crippen molar-refractivity contribution in [3.05, 3.63) is 34.6 Å². The van der Waals surface area contributed by atoms with E-state index in [0.29, 0.717) is 26.1 Å². The number of benzene rings is 1. The van der Waals surface area contributed by atoms with Gasteiger partial charge >= 0.3 is 6.09 Å². The SMILES string of the molecule is O=C1NC[C@@]2(CCCN(C(=O)c3cc(F)cc(Cl)c3)C2)O1. The number of ether oxygens (including phenoxy) is 1. The molecule has 1 N–H and O–H groups in total. The molecule has 1 spiro atoms. The maximum atomic E-state index is 13.4. The number of nitrogens with one attached hydrogen (secondary N) is 1. The molecular weight excluding hydrogens is 299 g/mol. The zero-order valence-corrected chi connectivity index (χ0v) is 12.0. The molecule has 0 unspecified atom stereocenters. The molecule has 7 heteroatoms. The Kier molecular flexibility index (Phi) is 3.49. The highest BCUT2D eigenvalue weighted by Gasteiger charge is 2.44. The quantitative estimate of drug-likeness (QED) is 0.865. The predicted molar refractivity (Wildman–Crippen MR) is 73.8 cm³/mol. The van der Waals surface area contributed by atoms with Gasteiger partial charge in [0, 0.05) is 17.1 Å². The van der Waals surface area contributed by atoms with Crippen molar-refractivity contribution in [3.8, 4) is 0 Å². The lowest BCUT2D eigenvalue weighted by Crippen LogP contribution is -2.52. The molecule has 1 atom stereocenters. The molecule has 2 aliphatic heterocycles. The van der Waals surface area contributed by atoms with Crippen LogP contribution in [-0.2, 0) is 4.74 Å². The van der Waals surface area contributed by atoms with Crippen molar-refractivity contribution in [2.75, 3.05) is 19.6 Å². The largest absolute Gasteiger partial charge is 0.439 e. The number of alkyl carbamates (subject to hydrolysis) is 1. The van der Waals surface area contributed by atoms with E-state index < -0.39 is 17.5 Å². The fourth-order valence-corrected chi connectivity index (χ4v) is 3.08. The third-order valence-electron chi connectivity index (χ3n) is 3.80. The lowest BCUT2D eigenvalue weighted by Gasteiger charge is -2.38. The summed E-state index contributed by atoms with van der Waals surface area (Å²) in [6.45, 7) is 1.24.